The summed E-state index contributed by atoms with van der Waals surface area (Å²) in [5, 5.41) is 12.1. The summed E-state index contributed by atoms with van der Waals surface area (Å²) in [6.07, 6.45) is 4.12. The largest absolute Gasteiger partial charge is 0.445 e. The molecule has 110 valence electrons. The fraction of sp³-hybridized carbons (Fsp3) is 0.562. The summed E-state index contributed by atoms with van der Waals surface area (Å²) in [5.41, 5.74) is 0.980. The van der Waals surface area contributed by atoms with E-state index in [0.29, 0.717) is 25.0 Å². The minimum absolute atomic E-state index is 0.214. The van der Waals surface area contributed by atoms with Crippen molar-refractivity contribution in [1.82, 2.24) is 5.32 Å². The maximum absolute atomic E-state index is 11.7. The molecule has 1 saturated carbocycles. The van der Waals surface area contributed by atoms with Crippen LogP contribution in [0, 0.1) is 11.8 Å². The molecule has 0 heterocycles. The van der Waals surface area contributed by atoms with Crippen molar-refractivity contribution in [1.29, 1.82) is 0 Å². The Morgan fingerprint density at radius 2 is 1.90 bits per heavy atom. The van der Waals surface area contributed by atoms with Gasteiger partial charge in [0.25, 0.3) is 0 Å². The third-order valence-corrected chi connectivity index (χ3v) is 4.02. The van der Waals surface area contributed by atoms with Crippen molar-refractivity contribution in [3.05, 3.63) is 35.9 Å². The van der Waals surface area contributed by atoms with Crippen molar-refractivity contribution in [3.8, 4) is 0 Å². The Bertz CT molecular complexity index is 407. The zero-order valence-electron chi connectivity index (χ0n) is 11.8. The second kappa shape index (κ2) is 7.90. The third kappa shape index (κ3) is 4.53. The molecule has 0 aromatic heterocycles. The molecule has 0 bridgehead atoms. The van der Waals surface area contributed by atoms with Crippen LogP contribution in [-0.4, -0.2) is 24.4 Å². The zero-order chi connectivity index (χ0) is 14.2. The molecule has 20 heavy (non-hydrogen) atoms. The number of hydrogen-bond acceptors (Lipinski definition) is 3. The van der Waals surface area contributed by atoms with Crippen LogP contribution in [0.2, 0.25) is 0 Å². The van der Waals surface area contributed by atoms with Crippen molar-refractivity contribution >= 4 is 6.09 Å². The van der Waals surface area contributed by atoms with Crippen LogP contribution in [0.5, 0.6) is 0 Å². The van der Waals surface area contributed by atoms with Gasteiger partial charge in [0, 0.05) is 13.2 Å². The van der Waals surface area contributed by atoms with E-state index in [1.807, 2.05) is 30.3 Å². The maximum Gasteiger partial charge on any atom is 0.407 e. The third-order valence-electron chi connectivity index (χ3n) is 4.02. The number of rotatable bonds is 5. The number of carbonyl (C=O) groups excluding carboxylic acids is 1. The summed E-state index contributed by atoms with van der Waals surface area (Å²) in [5.74, 6) is 0.691. The molecular formula is C16H23NO3. The molecule has 4 nitrogen and oxygen atoms in total. The lowest BCUT2D eigenvalue weighted by atomic mass is 9.80. The topological polar surface area (TPSA) is 58.6 Å². The van der Waals surface area contributed by atoms with Gasteiger partial charge in [-0.15, -0.1) is 0 Å². The van der Waals surface area contributed by atoms with Gasteiger partial charge in [-0.25, -0.2) is 4.79 Å². The van der Waals surface area contributed by atoms with Crippen LogP contribution in [0.4, 0.5) is 4.79 Å². The van der Waals surface area contributed by atoms with Crippen molar-refractivity contribution in [2.75, 3.05) is 13.2 Å². The molecule has 1 aromatic carbocycles. The van der Waals surface area contributed by atoms with Gasteiger partial charge in [0.1, 0.15) is 6.61 Å². The Hall–Kier alpha value is -1.55. The summed E-state index contributed by atoms with van der Waals surface area (Å²) in [6, 6.07) is 9.63. The molecule has 2 atom stereocenters. The van der Waals surface area contributed by atoms with E-state index < -0.39 is 0 Å². The summed E-state index contributed by atoms with van der Waals surface area (Å²) in [4.78, 5) is 11.7. The molecule has 1 amide bonds. The molecule has 4 heteroatoms. The first kappa shape index (κ1) is 14.9. The highest BCUT2D eigenvalue weighted by Crippen LogP contribution is 2.29. The first-order valence-electron chi connectivity index (χ1n) is 7.35. The van der Waals surface area contributed by atoms with E-state index >= 15 is 0 Å². The number of alkyl carbamates (subject to hydrolysis) is 1. The fourth-order valence-electron chi connectivity index (χ4n) is 2.78. The standard InChI is InChI=1S/C16H23NO3/c18-11-15-9-5-4-8-14(15)10-17-16(19)20-12-13-6-2-1-3-7-13/h1-3,6-7,14-15,18H,4-5,8-12H2,(H,17,19). The Kier molecular flexibility index (Phi) is 5.87. The number of ether oxygens (including phenoxy) is 1. The normalized spacial score (nSPS) is 22.2. The molecule has 1 fully saturated rings. The van der Waals surface area contributed by atoms with E-state index in [4.69, 9.17) is 4.74 Å². The predicted octanol–water partition coefficient (Wildman–Crippen LogP) is 2.71. The average molecular weight is 277 g/mol. The van der Waals surface area contributed by atoms with Crippen LogP contribution in [0.25, 0.3) is 0 Å². The Labute approximate surface area is 120 Å². The summed E-state index contributed by atoms with van der Waals surface area (Å²) >= 11 is 0. The van der Waals surface area contributed by atoms with Crippen molar-refractivity contribution < 1.29 is 14.6 Å². The summed E-state index contributed by atoms with van der Waals surface area (Å²) < 4.78 is 5.18. The van der Waals surface area contributed by atoms with E-state index in [-0.39, 0.29) is 12.7 Å². The molecule has 0 saturated heterocycles. The SMILES string of the molecule is O=C(NCC1CCCCC1CO)OCc1ccccc1. The molecule has 1 aromatic rings. The monoisotopic (exact) mass is 277 g/mol. The predicted molar refractivity (Wildman–Crippen MR) is 77.2 cm³/mol. The average Bonchev–Trinajstić information content (AvgIpc) is 2.52. The highest BCUT2D eigenvalue weighted by atomic mass is 16.5. The van der Waals surface area contributed by atoms with E-state index in [2.05, 4.69) is 5.32 Å². The van der Waals surface area contributed by atoms with E-state index in [1.54, 1.807) is 0 Å². The number of nitrogens with one attached hydrogen (secondary N) is 1. The van der Waals surface area contributed by atoms with E-state index in [1.165, 1.54) is 12.8 Å². The minimum atomic E-state index is -0.379. The number of carbonyl (C=O) groups is 1. The number of amides is 1. The van der Waals surface area contributed by atoms with Gasteiger partial charge in [0.15, 0.2) is 0 Å². The lowest BCUT2D eigenvalue weighted by molar-refractivity contribution is 0.117. The molecule has 1 aliphatic carbocycles. The maximum atomic E-state index is 11.7. The van der Waals surface area contributed by atoms with Gasteiger partial charge in [-0.1, -0.05) is 43.2 Å². The lowest BCUT2D eigenvalue weighted by Crippen LogP contribution is -2.35. The van der Waals surface area contributed by atoms with Gasteiger partial charge >= 0.3 is 6.09 Å². The molecule has 0 aliphatic heterocycles. The number of hydrogen-bond donors (Lipinski definition) is 2. The van der Waals surface area contributed by atoms with Gasteiger partial charge in [-0.2, -0.15) is 0 Å². The highest BCUT2D eigenvalue weighted by molar-refractivity contribution is 5.67. The Morgan fingerprint density at radius 3 is 2.60 bits per heavy atom. The minimum Gasteiger partial charge on any atom is -0.445 e. The van der Waals surface area contributed by atoms with Crippen LogP contribution in [-0.2, 0) is 11.3 Å². The molecular weight excluding hydrogens is 254 g/mol. The van der Waals surface area contributed by atoms with Crippen molar-refractivity contribution in [2.24, 2.45) is 11.8 Å². The zero-order valence-corrected chi connectivity index (χ0v) is 11.8. The first-order chi connectivity index (χ1) is 9.79. The van der Waals surface area contributed by atoms with Gasteiger partial charge in [0.05, 0.1) is 0 Å². The van der Waals surface area contributed by atoms with Crippen LogP contribution in [0.15, 0.2) is 30.3 Å². The van der Waals surface area contributed by atoms with Crippen molar-refractivity contribution in [2.45, 2.75) is 32.3 Å². The number of aliphatic hydroxyl groups is 1. The smallest absolute Gasteiger partial charge is 0.407 e. The summed E-state index contributed by atoms with van der Waals surface area (Å²) in [6.45, 7) is 1.10. The van der Waals surface area contributed by atoms with E-state index in [9.17, 15) is 9.90 Å². The highest BCUT2D eigenvalue weighted by Gasteiger charge is 2.24. The summed E-state index contributed by atoms with van der Waals surface area (Å²) in [7, 11) is 0. The molecule has 0 spiro atoms. The molecule has 2 unspecified atom stereocenters. The molecule has 1 aliphatic rings. The van der Waals surface area contributed by atoms with Crippen LogP contribution in [0.1, 0.15) is 31.2 Å². The first-order valence-corrected chi connectivity index (χ1v) is 7.35. The molecule has 2 N–H and O–H groups in total. The van der Waals surface area contributed by atoms with Gasteiger partial charge in [-0.05, 0) is 30.2 Å². The second-order valence-corrected chi connectivity index (χ2v) is 5.43. The second-order valence-electron chi connectivity index (χ2n) is 5.43. The Balaban J connectivity index is 1.69. The van der Waals surface area contributed by atoms with Gasteiger partial charge < -0.3 is 15.2 Å². The van der Waals surface area contributed by atoms with Crippen LogP contribution >= 0.6 is 0 Å². The fourth-order valence-corrected chi connectivity index (χ4v) is 2.78. The van der Waals surface area contributed by atoms with Crippen LogP contribution < -0.4 is 5.32 Å². The number of aliphatic hydroxyl groups excluding tert-OH is 1. The molecule has 0 radical (unpaired) electrons. The number of benzene rings is 1. The quantitative estimate of drug-likeness (QED) is 0.870. The van der Waals surface area contributed by atoms with Crippen molar-refractivity contribution in [3.63, 3.8) is 0 Å². The van der Waals surface area contributed by atoms with Crippen LogP contribution in [0.3, 0.4) is 0 Å². The van der Waals surface area contributed by atoms with Gasteiger partial charge in [-0.3, -0.25) is 0 Å². The Morgan fingerprint density at radius 1 is 1.20 bits per heavy atom. The van der Waals surface area contributed by atoms with Gasteiger partial charge in [0.2, 0.25) is 0 Å². The van der Waals surface area contributed by atoms with E-state index in [0.717, 1.165) is 18.4 Å². The molecule has 2 rings (SSSR count). The lowest BCUT2D eigenvalue weighted by Gasteiger charge is -2.30.